The Morgan fingerprint density at radius 3 is 3.00 bits per heavy atom. The first-order valence-corrected chi connectivity index (χ1v) is 5.34. The molecule has 0 bridgehead atoms. The largest absolute Gasteiger partial charge is 0.489 e. The summed E-state index contributed by atoms with van der Waals surface area (Å²) >= 11 is 0. The number of carbonyl (C=O) groups is 1. The van der Waals surface area contributed by atoms with Crippen LogP contribution >= 0.6 is 0 Å². The van der Waals surface area contributed by atoms with Crippen molar-refractivity contribution >= 4 is 12.3 Å². The first kappa shape index (κ1) is 11.4. The molecule has 0 aromatic heterocycles. The van der Waals surface area contributed by atoms with Crippen molar-refractivity contribution < 1.29 is 14.3 Å². The maximum atomic E-state index is 11.3. The van der Waals surface area contributed by atoms with E-state index in [9.17, 15) is 4.79 Å². The Morgan fingerprint density at radius 2 is 2.29 bits per heavy atom. The van der Waals surface area contributed by atoms with E-state index in [4.69, 9.17) is 9.47 Å². The van der Waals surface area contributed by atoms with Gasteiger partial charge in [0.1, 0.15) is 12.4 Å². The Labute approximate surface area is 99.6 Å². The van der Waals surface area contributed by atoms with Crippen LogP contribution in [0, 0.1) is 0 Å². The van der Waals surface area contributed by atoms with Crippen LogP contribution in [-0.4, -0.2) is 25.0 Å². The van der Waals surface area contributed by atoms with E-state index in [1.54, 1.807) is 6.08 Å². The van der Waals surface area contributed by atoms with Gasteiger partial charge in [-0.3, -0.25) is 4.79 Å². The normalized spacial score (nSPS) is 17.9. The maximum Gasteiger partial charge on any atom is 0.289 e. The molecule has 17 heavy (non-hydrogen) atoms. The SMILES string of the molecule is C=CCOc1ccccc1CC1OC=NC1=O. The molecule has 0 aliphatic carbocycles. The predicted molar refractivity (Wildman–Crippen MR) is 64.2 cm³/mol. The molecule has 88 valence electrons. The summed E-state index contributed by atoms with van der Waals surface area (Å²) in [5.41, 5.74) is 0.929. The van der Waals surface area contributed by atoms with Crippen LogP contribution in [0.5, 0.6) is 5.75 Å². The molecule has 4 nitrogen and oxygen atoms in total. The number of benzene rings is 1. The van der Waals surface area contributed by atoms with Crippen LogP contribution in [0.4, 0.5) is 0 Å². The fourth-order valence-corrected chi connectivity index (χ4v) is 1.59. The second-order valence-corrected chi connectivity index (χ2v) is 3.61. The lowest BCUT2D eigenvalue weighted by molar-refractivity contribution is -0.122. The van der Waals surface area contributed by atoms with Gasteiger partial charge < -0.3 is 9.47 Å². The van der Waals surface area contributed by atoms with Gasteiger partial charge in [0.15, 0.2) is 12.5 Å². The molecule has 1 aromatic rings. The summed E-state index contributed by atoms with van der Waals surface area (Å²) in [6.45, 7) is 4.03. The van der Waals surface area contributed by atoms with E-state index in [2.05, 4.69) is 11.6 Å². The Balaban J connectivity index is 2.09. The van der Waals surface area contributed by atoms with Crippen molar-refractivity contribution in [1.82, 2.24) is 0 Å². The number of hydrogen-bond acceptors (Lipinski definition) is 3. The zero-order valence-corrected chi connectivity index (χ0v) is 9.33. The monoisotopic (exact) mass is 231 g/mol. The molecule has 0 N–H and O–H groups in total. The van der Waals surface area contributed by atoms with Crippen LogP contribution in [-0.2, 0) is 16.0 Å². The number of para-hydroxylation sites is 1. The summed E-state index contributed by atoms with van der Waals surface area (Å²) in [5, 5.41) is 0. The molecule has 0 fully saturated rings. The molecule has 0 saturated heterocycles. The fraction of sp³-hybridized carbons (Fsp3) is 0.231. The highest BCUT2D eigenvalue weighted by molar-refractivity contribution is 5.91. The molecule has 1 heterocycles. The van der Waals surface area contributed by atoms with Gasteiger partial charge in [0, 0.05) is 6.42 Å². The summed E-state index contributed by atoms with van der Waals surface area (Å²) in [7, 11) is 0. The zero-order valence-electron chi connectivity index (χ0n) is 9.33. The van der Waals surface area contributed by atoms with E-state index in [-0.39, 0.29) is 5.91 Å². The molecular formula is C13H13NO3. The molecule has 1 aliphatic rings. The highest BCUT2D eigenvalue weighted by Gasteiger charge is 2.24. The number of carbonyl (C=O) groups excluding carboxylic acids is 1. The first-order chi connectivity index (χ1) is 8.31. The third-order valence-corrected chi connectivity index (χ3v) is 2.42. The van der Waals surface area contributed by atoms with E-state index in [1.165, 1.54) is 6.40 Å². The van der Waals surface area contributed by atoms with E-state index in [0.29, 0.717) is 13.0 Å². The van der Waals surface area contributed by atoms with Gasteiger partial charge >= 0.3 is 0 Å². The minimum atomic E-state index is -0.525. The van der Waals surface area contributed by atoms with Crippen molar-refractivity contribution in [2.45, 2.75) is 12.5 Å². The Morgan fingerprint density at radius 1 is 1.47 bits per heavy atom. The minimum absolute atomic E-state index is 0.247. The number of ether oxygens (including phenoxy) is 2. The van der Waals surface area contributed by atoms with Crippen molar-refractivity contribution in [3.63, 3.8) is 0 Å². The average Bonchev–Trinajstić information content (AvgIpc) is 2.74. The zero-order chi connectivity index (χ0) is 12.1. The first-order valence-electron chi connectivity index (χ1n) is 5.34. The van der Waals surface area contributed by atoms with Gasteiger partial charge in [-0.15, -0.1) is 0 Å². The van der Waals surface area contributed by atoms with Crippen molar-refractivity contribution in [2.75, 3.05) is 6.61 Å². The summed E-state index contributed by atoms with van der Waals surface area (Å²) in [5.74, 6) is 0.499. The second kappa shape index (κ2) is 5.30. The van der Waals surface area contributed by atoms with Crippen molar-refractivity contribution in [3.05, 3.63) is 42.5 Å². The van der Waals surface area contributed by atoms with E-state index in [1.807, 2.05) is 24.3 Å². The van der Waals surface area contributed by atoms with Crippen LogP contribution in [0.25, 0.3) is 0 Å². The molecule has 1 atom stereocenters. The number of hydrogen-bond donors (Lipinski definition) is 0. The van der Waals surface area contributed by atoms with Crippen LogP contribution in [0.15, 0.2) is 41.9 Å². The molecule has 0 spiro atoms. The molecular weight excluding hydrogens is 218 g/mol. The minimum Gasteiger partial charge on any atom is -0.489 e. The molecule has 2 rings (SSSR count). The number of amides is 1. The Bertz CT molecular complexity index is 454. The highest BCUT2D eigenvalue weighted by atomic mass is 16.5. The summed E-state index contributed by atoms with van der Waals surface area (Å²) in [6.07, 6.45) is 2.81. The highest BCUT2D eigenvalue weighted by Crippen LogP contribution is 2.21. The lowest BCUT2D eigenvalue weighted by Crippen LogP contribution is -2.19. The van der Waals surface area contributed by atoms with Gasteiger partial charge in [-0.05, 0) is 11.6 Å². The maximum absolute atomic E-state index is 11.3. The van der Waals surface area contributed by atoms with Crippen molar-refractivity contribution in [2.24, 2.45) is 4.99 Å². The average molecular weight is 231 g/mol. The summed E-state index contributed by atoms with van der Waals surface area (Å²) < 4.78 is 10.6. The Kier molecular flexibility index (Phi) is 3.55. The number of aliphatic imine (C=N–C) groups is 1. The molecule has 0 saturated carbocycles. The quantitative estimate of drug-likeness (QED) is 0.725. The smallest absolute Gasteiger partial charge is 0.289 e. The van der Waals surface area contributed by atoms with Gasteiger partial charge in [0.25, 0.3) is 5.91 Å². The number of rotatable bonds is 5. The van der Waals surface area contributed by atoms with Crippen LogP contribution in [0.1, 0.15) is 5.56 Å². The van der Waals surface area contributed by atoms with Crippen LogP contribution < -0.4 is 4.74 Å². The predicted octanol–water partition coefficient (Wildman–Crippen LogP) is 1.75. The molecule has 1 aliphatic heterocycles. The lowest BCUT2D eigenvalue weighted by Gasteiger charge is -2.12. The third kappa shape index (κ3) is 2.72. The van der Waals surface area contributed by atoms with Gasteiger partial charge in [-0.1, -0.05) is 30.9 Å². The van der Waals surface area contributed by atoms with E-state index < -0.39 is 6.10 Å². The lowest BCUT2D eigenvalue weighted by atomic mass is 10.1. The van der Waals surface area contributed by atoms with Crippen LogP contribution in [0.3, 0.4) is 0 Å². The molecule has 1 amide bonds. The van der Waals surface area contributed by atoms with Gasteiger partial charge in [-0.25, -0.2) is 0 Å². The molecule has 1 aromatic carbocycles. The molecule has 0 radical (unpaired) electrons. The second-order valence-electron chi connectivity index (χ2n) is 3.61. The van der Waals surface area contributed by atoms with Gasteiger partial charge in [0.05, 0.1) is 0 Å². The van der Waals surface area contributed by atoms with Gasteiger partial charge in [-0.2, -0.15) is 4.99 Å². The van der Waals surface area contributed by atoms with E-state index >= 15 is 0 Å². The molecule has 1 unspecified atom stereocenters. The van der Waals surface area contributed by atoms with E-state index in [0.717, 1.165) is 11.3 Å². The third-order valence-electron chi connectivity index (χ3n) is 2.42. The topological polar surface area (TPSA) is 47.9 Å². The van der Waals surface area contributed by atoms with Crippen molar-refractivity contribution in [3.8, 4) is 5.75 Å². The standard InChI is InChI=1S/C13H13NO3/c1-2-7-16-11-6-4-3-5-10(11)8-12-13(15)14-9-17-12/h2-6,9,12H,1,7-8H2. The van der Waals surface area contributed by atoms with Crippen LogP contribution in [0.2, 0.25) is 0 Å². The summed E-state index contributed by atoms with van der Waals surface area (Å²) in [4.78, 5) is 14.9. The van der Waals surface area contributed by atoms with Gasteiger partial charge in [0.2, 0.25) is 0 Å². The Hall–Kier alpha value is -2.10. The summed E-state index contributed by atoms with van der Waals surface area (Å²) in [6, 6.07) is 7.55. The van der Waals surface area contributed by atoms with Crippen molar-refractivity contribution in [1.29, 1.82) is 0 Å². The fourth-order valence-electron chi connectivity index (χ4n) is 1.59. The number of nitrogens with zero attached hydrogens (tertiary/aromatic N) is 1. The molecule has 4 heteroatoms.